The third kappa shape index (κ3) is 5.27. The molecular weight excluding hydrogens is 252 g/mol. The predicted molar refractivity (Wildman–Crippen MR) is 69.7 cm³/mol. The van der Waals surface area contributed by atoms with Gasteiger partial charge in [-0.1, -0.05) is 0 Å². The summed E-state index contributed by atoms with van der Waals surface area (Å²) >= 11 is 1.29. The number of aromatic nitrogens is 1. The van der Waals surface area contributed by atoms with Gasteiger partial charge in [-0.25, -0.2) is 9.17 Å². The van der Waals surface area contributed by atoms with Gasteiger partial charge in [0.15, 0.2) is 5.78 Å². The minimum absolute atomic E-state index is 0.0346. The Bertz CT molecular complexity index is 409. The molecule has 100 valence electrons. The van der Waals surface area contributed by atoms with Crippen molar-refractivity contribution in [2.75, 3.05) is 13.6 Å². The largest absolute Gasteiger partial charge is 0.444 e. The summed E-state index contributed by atoms with van der Waals surface area (Å²) in [4.78, 5) is 25.5. The minimum atomic E-state index is -0.550. The molecule has 1 heterocycles. The van der Waals surface area contributed by atoms with Crippen LogP contribution >= 0.6 is 11.5 Å². The molecular formula is C12H18N2O3S. The Morgan fingerprint density at radius 2 is 2.11 bits per heavy atom. The second-order valence-electron chi connectivity index (χ2n) is 5.03. The van der Waals surface area contributed by atoms with Gasteiger partial charge in [-0.3, -0.25) is 4.79 Å². The Balaban J connectivity index is 2.42. The monoisotopic (exact) mass is 270 g/mol. The highest BCUT2D eigenvalue weighted by Gasteiger charge is 2.21. The zero-order chi connectivity index (χ0) is 13.8. The highest BCUT2D eigenvalue weighted by Crippen LogP contribution is 2.10. The highest BCUT2D eigenvalue weighted by molar-refractivity contribution is 7.05. The van der Waals surface area contributed by atoms with Gasteiger partial charge in [0.25, 0.3) is 0 Å². The number of nitrogens with zero attached hydrogens (tertiary/aromatic N) is 2. The number of Topliss-reactive ketones (excluding diaryl/α,β-unsaturated/α-hetero) is 1. The Hall–Kier alpha value is -1.43. The molecule has 0 fully saturated rings. The fraction of sp³-hybridized carbons (Fsp3) is 0.583. The van der Waals surface area contributed by atoms with Crippen LogP contribution in [-0.2, 0) is 16.0 Å². The van der Waals surface area contributed by atoms with E-state index in [0.717, 1.165) is 4.88 Å². The van der Waals surface area contributed by atoms with E-state index >= 15 is 0 Å². The van der Waals surface area contributed by atoms with Crippen LogP contribution in [0.4, 0.5) is 4.79 Å². The summed E-state index contributed by atoms with van der Waals surface area (Å²) in [6, 6.07) is 1.80. The van der Waals surface area contributed by atoms with Crippen LogP contribution in [0.5, 0.6) is 0 Å². The first-order chi connectivity index (χ1) is 8.28. The van der Waals surface area contributed by atoms with Gasteiger partial charge in [-0.2, -0.15) is 0 Å². The molecule has 18 heavy (non-hydrogen) atoms. The first-order valence-corrected chi connectivity index (χ1v) is 6.40. The Morgan fingerprint density at radius 1 is 1.44 bits per heavy atom. The number of ether oxygens (including phenoxy) is 1. The lowest BCUT2D eigenvalue weighted by Crippen LogP contribution is -2.37. The number of likely N-dealkylation sites (N-methyl/N-ethyl adjacent to an activating group) is 1. The quantitative estimate of drug-likeness (QED) is 0.841. The molecule has 6 heteroatoms. The van der Waals surface area contributed by atoms with Crippen LogP contribution in [0.15, 0.2) is 12.3 Å². The maximum Gasteiger partial charge on any atom is 0.410 e. The highest BCUT2D eigenvalue weighted by atomic mass is 32.1. The predicted octanol–water partition coefficient (Wildman–Crippen LogP) is 2.12. The van der Waals surface area contributed by atoms with Crippen LogP contribution in [0.2, 0.25) is 0 Å². The molecule has 1 aromatic rings. The first-order valence-electron chi connectivity index (χ1n) is 5.63. The molecule has 0 aromatic carbocycles. The SMILES string of the molecule is CN(CC(=O)Cc1ccns1)C(=O)OC(C)(C)C. The zero-order valence-electron chi connectivity index (χ0n) is 11.1. The van der Waals surface area contributed by atoms with Gasteiger partial charge in [0.1, 0.15) is 5.60 Å². The molecule has 0 saturated carbocycles. The van der Waals surface area contributed by atoms with Crippen LogP contribution in [-0.4, -0.2) is 40.3 Å². The van der Waals surface area contributed by atoms with Crippen LogP contribution < -0.4 is 0 Å². The number of hydrogen-bond acceptors (Lipinski definition) is 5. The molecule has 0 radical (unpaired) electrons. The molecule has 0 aliphatic heterocycles. The minimum Gasteiger partial charge on any atom is -0.444 e. The average molecular weight is 270 g/mol. The van der Waals surface area contributed by atoms with Crippen molar-refractivity contribution in [3.63, 3.8) is 0 Å². The summed E-state index contributed by atoms with van der Waals surface area (Å²) in [5, 5.41) is 0. The van der Waals surface area contributed by atoms with Gasteiger partial charge in [0.05, 0.1) is 6.54 Å². The number of rotatable bonds is 4. The van der Waals surface area contributed by atoms with Gasteiger partial charge >= 0.3 is 6.09 Å². The molecule has 1 amide bonds. The topological polar surface area (TPSA) is 59.5 Å². The lowest BCUT2D eigenvalue weighted by Gasteiger charge is -2.24. The molecule has 1 aromatic heterocycles. The van der Waals surface area contributed by atoms with Crippen LogP contribution in [0.1, 0.15) is 25.6 Å². The molecule has 0 saturated heterocycles. The average Bonchev–Trinajstić information content (AvgIpc) is 2.67. The van der Waals surface area contributed by atoms with Gasteiger partial charge in [-0.15, -0.1) is 0 Å². The van der Waals surface area contributed by atoms with E-state index in [1.54, 1.807) is 40.1 Å². The number of ketones is 1. The maximum absolute atomic E-state index is 11.7. The summed E-state index contributed by atoms with van der Waals surface area (Å²) in [6.45, 7) is 5.42. The van der Waals surface area contributed by atoms with E-state index in [-0.39, 0.29) is 12.3 Å². The van der Waals surface area contributed by atoms with E-state index in [4.69, 9.17) is 4.74 Å². The molecule has 5 nitrogen and oxygen atoms in total. The summed E-state index contributed by atoms with van der Waals surface area (Å²) in [5.41, 5.74) is -0.550. The summed E-state index contributed by atoms with van der Waals surface area (Å²) in [7, 11) is 1.55. The van der Waals surface area contributed by atoms with Gasteiger partial charge in [0, 0.05) is 24.5 Å². The second kappa shape index (κ2) is 5.95. The van der Waals surface area contributed by atoms with E-state index < -0.39 is 11.7 Å². The van der Waals surface area contributed by atoms with E-state index in [1.165, 1.54) is 16.4 Å². The normalized spacial score (nSPS) is 11.1. The van der Waals surface area contributed by atoms with Crippen LogP contribution in [0.25, 0.3) is 0 Å². The third-order valence-electron chi connectivity index (χ3n) is 1.98. The number of carbonyl (C=O) groups is 2. The molecule has 0 N–H and O–H groups in total. The Morgan fingerprint density at radius 3 is 2.61 bits per heavy atom. The first kappa shape index (κ1) is 14.6. The summed E-state index contributed by atoms with van der Waals surface area (Å²) in [5.74, 6) is -0.0346. The van der Waals surface area contributed by atoms with E-state index in [1.807, 2.05) is 0 Å². The fourth-order valence-electron chi connectivity index (χ4n) is 1.25. The lowest BCUT2D eigenvalue weighted by molar-refractivity contribution is -0.119. The second-order valence-corrected chi connectivity index (χ2v) is 5.95. The maximum atomic E-state index is 11.7. The van der Waals surface area contributed by atoms with Crippen molar-refractivity contribution in [1.82, 2.24) is 9.27 Å². The fourth-order valence-corrected chi connectivity index (χ4v) is 1.86. The molecule has 0 unspecified atom stereocenters. The molecule has 0 aliphatic carbocycles. The van der Waals surface area contributed by atoms with Gasteiger partial charge in [-0.05, 0) is 38.4 Å². The van der Waals surface area contributed by atoms with Crippen molar-refractivity contribution in [3.8, 4) is 0 Å². The molecule has 0 bridgehead atoms. The number of amides is 1. The van der Waals surface area contributed by atoms with Gasteiger partial charge < -0.3 is 9.64 Å². The number of hydrogen-bond donors (Lipinski definition) is 0. The van der Waals surface area contributed by atoms with Crippen molar-refractivity contribution in [2.24, 2.45) is 0 Å². The van der Waals surface area contributed by atoms with Crippen molar-refractivity contribution in [1.29, 1.82) is 0 Å². The molecule has 1 rings (SSSR count). The molecule has 0 spiro atoms. The van der Waals surface area contributed by atoms with Crippen molar-refractivity contribution < 1.29 is 14.3 Å². The zero-order valence-corrected chi connectivity index (χ0v) is 11.9. The van der Waals surface area contributed by atoms with E-state index in [0.29, 0.717) is 6.42 Å². The van der Waals surface area contributed by atoms with Crippen LogP contribution in [0.3, 0.4) is 0 Å². The summed E-state index contributed by atoms with van der Waals surface area (Å²) < 4.78 is 9.08. The van der Waals surface area contributed by atoms with Crippen LogP contribution in [0, 0.1) is 0 Å². The van der Waals surface area contributed by atoms with Crippen molar-refractivity contribution >= 4 is 23.4 Å². The molecule has 0 aliphatic rings. The van der Waals surface area contributed by atoms with E-state index in [9.17, 15) is 9.59 Å². The third-order valence-corrected chi connectivity index (χ3v) is 2.72. The number of carbonyl (C=O) groups excluding carboxylic acids is 2. The molecule has 0 atom stereocenters. The standard InChI is InChI=1S/C12H18N2O3S/c1-12(2,3)17-11(16)14(4)8-9(15)7-10-5-6-13-18-10/h5-6H,7-8H2,1-4H3. The lowest BCUT2D eigenvalue weighted by atomic mass is 10.2. The van der Waals surface area contributed by atoms with E-state index in [2.05, 4.69) is 4.37 Å². The van der Waals surface area contributed by atoms with Crippen molar-refractivity contribution in [2.45, 2.75) is 32.8 Å². The Kier molecular flexibility index (Phi) is 4.84. The van der Waals surface area contributed by atoms with Crippen molar-refractivity contribution in [3.05, 3.63) is 17.1 Å². The van der Waals surface area contributed by atoms with Gasteiger partial charge in [0.2, 0.25) is 0 Å². The Labute approximate surface area is 111 Å². The summed E-state index contributed by atoms with van der Waals surface area (Å²) in [6.07, 6.45) is 1.48. The smallest absolute Gasteiger partial charge is 0.410 e.